The topological polar surface area (TPSA) is 58.6 Å². The Labute approximate surface area is 102 Å². The molecule has 0 spiro atoms. The molecule has 17 heavy (non-hydrogen) atoms. The minimum absolute atomic E-state index is 0.278. The number of amides is 1. The Morgan fingerprint density at radius 3 is 2.47 bits per heavy atom. The Balaban J connectivity index is 2.43. The van der Waals surface area contributed by atoms with Crippen molar-refractivity contribution in [1.29, 1.82) is 0 Å². The van der Waals surface area contributed by atoms with E-state index in [-0.39, 0.29) is 6.42 Å². The van der Waals surface area contributed by atoms with Crippen molar-refractivity contribution < 1.29 is 14.7 Å². The molecule has 1 rings (SSSR count). The van der Waals surface area contributed by atoms with Gasteiger partial charge < -0.3 is 5.11 Å². The summed E-state index contributed by atoms with van der Waals surface area (Å²) in [6.07, 6.45) is -0.820. The van der Waals surface area contributed by atoms with Crippen LogP contribution < -0.4 is 5.48 Å². The van der Waals surface area contributed by atoms with Gasteiger partial charge in [-0.05, 0) is 26.3 Å². The molecule has 4 heteroatoms. The number of hydroxylamine groups is 1. The number of benzene rings is 1. The first-order valence-corrected chi connectivity index (χ1v) is 5.58. The summed E-state index contributed by atoms with van der Waals surface area (Å²) in [6, 6.07) is 9.35. The summed E-state index contributed by atoms with van der Waals surface area (Å²) in [7, 11) is 0. The number of rotatable bonds is 4. The van der Waals surface area contributed by atoms with Gasteiger partial charge in [-0.15, -0.1) is 0 Å². The van der Waals surface area contributed by atoms with E-state index in [0.717, 1.165) is 5.56 Å². The van der Waals surface area contributed by atoms with Crippen LogP contribution in [0.15, 0.2) is 30.3 Å². The fourth-order valence-corrected chi connectivity index (χ4v) is 1.20. The monoisotopic (exact) mass is 237 g/mol. The molecule has 0 unspecified atom stereocenters. The van der Waals surface area contributed by atoms with Gasteiger partial charge in [0.2, 0.25) is 0 Å². The van der Waals surface area contributed by atoms with E-state index in [1.807, 2.05) is 51.1 Å². The summed E-state index contributed by atoms with van der Waals surface area (Å²) in [5, 5.41) is 9.68. The van der Waals surface area contributed by atoms with Crippen LogP contribution in [0.4, 0.5) is 0 Å². The summed E-state index contributed by atoms with van der Waals surface area (Å²) in [5.74, 6) is -0.524. The molecular weight excluding hydrogens is 218 g/mol. The van der Waals surface area contributed by atoms with E-state index in [0.29, 0.717) is 0 Å². The number of hydrogen-bond acceptors (Lipinski definition) is 3. The first-order chi connectivity index (χ1) is 7.88. The number of aliphatic hydroxyl groups is 1. The molecule has 0 radical (unpaired) electrons. The fraction of sp³-hybridized carbons (Fsp3) is 0.462. The molecule has 1 atom stereocenters. The quantitative estimate of drug-likeness (QED) is 0.779. The van der Waals surface area contributed by atoms with Crippen LogP contribution in [0.1, 0.15) is 26.3 Å². The van der Waals surface area contributed by atoms with Crippen molar-refractivity contribution in [2.24, 2.45) is 0 Å². The molecule has 1 aromatic rings. The van der Waals surface area contributed by atoms with Crippen molar-refractivity contribution in [1.82, 2.24) is 5.48 Å². The Kier molecular flexibility index (Phi) is 4.66. The first-order valence-electron chi connectivity index (χ1n) is 5.58. The minimum Gasteiger partial charge on any atom is -0.383 e. The SMILES string of the molecule is CC(C)(C)ONC(=O)[C@H](O)Cc1ccccc1. The van der Waals surface area contributed by atoms with E-state index in [4.69, 9.17) is 4.84 Å². The van der Waals surface area contributed by atoms with Gasteiger partial charge in [0, 0.05) is 6.42 Å². The molecular formula is C13H19NO3. The number of carbonyl (C=O) groups excluding carboxylic acids is 1. The third-order valence-electron chi connectivity index (χ3n) is 2.03. The van der Waals surface area contributed by atoms with E-state index in [9.17, 15) is 9.90 Å². The fourth-order valence-electron chi connectivity index (χ4n) is 1.20. The molecule has 1 aromatic carbocycles. The zero-order valence-electron chi connectivity index (χ0n) is 10.4. The van der Waals surface area contributed by atoms with Gasteiger partial charge in [-0.3, -0.25) is 9.63 Å². The molecule has 0 aliphatic carbocycles. The van der Waals surface area contributed by atoms with Crippen molar-refractivity contribution in [2.45, 2.75) is 38.9 Å². The highest BCUT2D eigenvalue weighted by molar-refractivity contribution is 5.79. The van der Waals surface area contributed by atoms with Crippen molar-refractivity contribution in [2.75, 3.05) is 0 Å². The zero-order valence-corrected chi connectivity index (χ0v) is 10.4. The standard InChI is InChI=1S/C13H19NO3/c1-13(2,3)17-14-12(16)11(15)9-10-7-5-4-6-8-10/h4-8,11,15H,9H2,1-3H3,(H,14,16)/t11-/m1/s1. The predicted molar refractivity (Wildman–Crippen MR) is 65.1 cm³/mol. The van der Waals surface area contributed by atoms with Crippen LogP contribution in [-0.4, -0.2) is 22.7 Å². The number of aliphatic hydroxyl groups excluding tert-OH is 1. The molecule has 0 bridgehead atoms. The van der Waals surface area contributed by atoms with Crippen molar-refractivity contribution >= 4 is 5.91 Å². The van der Waals surface area contributed by atoms with E-state index in [2.05, 4.69) is 5.48 Å². The lowest BCUT2D eigenvalue weighted by Gasteiger charge is -2.20. The second-order valence-corrected chi connectivity index (χ2v) is 4.89. The number of hydrogen-bond donors (Lipinski definition) is 2. The van der Waals surface area contributed by atoms with E-state index in [1.54, 1.807) is 0 Å². The molecule has 0 saturated carbocycles. The Bertz CT molecular complexity index is 357. The zero-order chi connectivity index (χ0) is 12.9. The maximum Gasteiger partial charge on any atom is 0.272 e. The second kappa shape index (κ2) is 5.80. The van der Waals surface area contributed by atoms with Crippen molar-refractivity contribution in [3.05, 3.63) is 35.9 Å². The smallest absolute Gasteiger partial charge is 0.272 e. The van der Waals surface area contributed by atoms with Crippen LogP contribution in [0.25, 0.3) is 0 Å². The van der Waals surface area contributed by atoms with Gasteiger partial charge in [-0.25, -0.2) is 5.48 Å². The second-order valence-electron chi connectivity index (χ2n) is 4.89. The largest absolute Gasteiger partial charge is 0.383 e. The summed E-state index contributed by atoms with van der Waals surface area (Å²) < 4.78 is 0. The molecule has 1 amide bonds. The Morgan fingerprint density at radius 1 is 1.35 bits per heavy atom. The van der Waals surface area contributed by atoms with E-state index >= 15 is 0 Å². The van der Waals surface area contributed by atoms with Gasteiger partial charge in [0.05, 0.1) is 5.60 Å². The molecule has 4 nitrogen and oxygen atoms in total. The van der Waals surface area contributed by atoms with Crippen molar-refractivity contribution in [3.63, 3.8) is 0 Å². The maximum absolute atomic E-state index is 11.5. The highest BCUT2D eigenvalue weighted by Crippen LogP contribution is 2.06. The molecule has 2 N–H and O–H groups in total. The minimum atomic E-state index is -1.10. The van der Waals surface area contributed by atoms with Gasteiger partial charge in [-0.1, -0.05) is 30.3 Å². The van der Waals surface area contributed by atoms with Crippen LogP contribution in [0.2, 0.25) is 0 Å². The lowest BCUT2D eigenvalue weighted by Crippen LogP contribution is -2.40. The summed E-state index contributed by atoms with van der Waals surface area (Å²) >= 11 is 0. The normalized spacial score (nSPS) is 13.2. The lowest BCUT2D eigenvalue weighted by atomic mass is 10.1. The maximum atomic E-state index is 11.5. The molecule has 0 aromatic heterocycles. The van der Waals surface area contributed by atoms with E-state index < -0.39 is 17.6 Å². The average molecular weight is 237 g/mol. The summed E-state index contributed by atoms with van der Waals surface area (Å²) in [4.78, 5) is 16.6. The van der Waals surface area contributed by atoms with E-state index in [1.165, 1.54) is 0 Å². The van der Waals surface area contributed by atoms with Crippen LogP contribution in [0, 0.1) is 0 Å². The van der Waals surface area contributed by atoms with Crippen LogP contribution in [0.5, 0.6) is 0 Å². The van der Waals surface area contributed by atoms with Gasteiger partial charge in [-0.2, -0.15) is 0 Å². The summed E-state index contributed by atoms with van der Waals surface area (Å²) in [5.41, 5.74) is 2.69. The lowest BCUT2D eigenvalue weighted by molar-refractivity contribution is -0.153. The van der Waals surface area contributed by atoms with Gasteiger partial charge in [0.15, 0.2) is 0 Å². The molecule has 0 aliphatic rings. The Hall–Kier alpha value is -1.39. The highest BCUT2D eigenvalue weighted by atomic mass is 16.7. The molecule has 94 valence electrons. The summed E-state index contributed by atoms with van der Waals surface area (Å²) in [6.45, 7) is 5.45. The van der Waals surface area contributed by atoms with Gasteiger partial charge in [0.1, 0.15) is 6.10 Å². The highest BCUT2D eigenvalue weighted by Gasteiger charge is 2.18. The third kappa shape index (κ3) is 5.47. The third-order valence-corrected chi connectivity index (χ3v) is 2.03. The molecule has 0 aliphatic heterocycles. The number of carbonyl (C=O) groups is 1. The predicted octanol–water partition coefficient (Wildman–Crippen LogP) is 1.44. The van der Waals surface area contributed by atoms with Gasteiger partial charge in [0.25, 0.3) is 5.91 Å². The van der Waals surface area contributed by atoms with Crippen molar-refractivity contribution in [3.8, 4) is 0 Å². The molecule has 0 saturated heterocycles. The number of nitrogens with one attached hydrogen (secondary N) is 1. The van der Waals surface area contributed by atoms with Crippen LogP contribution >= 0.6 is 0 Å². The van der Waals surface area contributed by atoms with Gasteiger partial charge >= 0.3 is 0 Å². The molecule has 0 fully saturated rings. The van der Waals surface area contributed by atoms with Crippen LogP contribution in [0.3, 0.4) is 0 Å². The molecule has 0 heterocycles. The Morgan fingerprint density at radius 2 is 1.94 bits per heavy atom. The first kappa shape index (κ1) is 13.7. The van der Waals surface area contributed by atoms with Crippen LogP contribution in [-0.2, 0) is 16.1 Å². The average Bonchev–Trinajstić information content (AvgIpc) is 2.26.